The van der Waals surface area contributed by atoms with Gasteiger partial charge in [-0.2, -0.15) is 0 Å². The highest BCUT2D eigenvalue weighted by molar-refractivity contribution is 5.74. The fourth-order valence-corrected chi connectivity index (χ4v) is 1.63. The van der Waals surface area contributed by atoms with Crippen molar-refractivity contribution in [2.45, 2.75) is 32.7 Å². The Kier molecular flexibility index (Phi) is 4.20. The Balaban J connectivity index is 2.36. The molecule has 0 aromatic rings. The van der Waals surface area contributed by atoms with E-state index in [1.54, 1.807) is 4.90 Å². The minimum absolute atomic E-state index is 0.0253. The van der Waals surface area contributed by atoms with E-state index in [0.717, 1.165) is 13.1 Å². The number of nitrogens with two attached hydrogens (primary N) is 1. The summed E-state index contributed by atoms with van der Waals surface area (Å²) >= 11 is 0. The van der Waals surface area contributed by atoms with Crippen LogP contribution in [0, 0.1) is 5.92 Å². The van der Waals surface area contributed by atoms with Crippen LogP contribution in [0.2, 0.25) is 0 Å². The molecular weight excluding hydrogens is 178 g/mol. The highest BCUT2D eigenvalue weighted by Crippen LogP contribution is 2.32. The van der Waals surface area contributed by atoms with Crippen LogP contribution >= 0.6 is 0 Å². The molecule has 1 aliphatic rings. The SMILES string of the molecule is CCN(CC)C(=O)NC(CN)C1CC1. The van der Waals surface area contributed by atoms with E-state index < -0.39 is 0 Å². The van der Waals surface area contributed by atoms with Gasteiger partial charge in [0, 0.05) is 25.7 Å². The minimum Gasteiger partial charge on any atom is -0.334 e. The van der Waals surface area contributed by atoms with E-state index in [4.69, 9.17) is 5.73 Å². The van der Waals surface area contributed by atoms with E-state index in [9.17, 15) is 4.79 Å². The van der Waals surface area contributed by atoms with Crippen LogP contribution in [0.25, 0.3) is 0 Å². The molecule has 1 rings (SSSR count). The molecular formula is C10H21N3O. The molecule has 1 atom stereocenters. The zero-order valence-corrected chi connectivity index (χ0v) is 9.12. The van der Waals surface area contributed by atoms with Gasteiger partial charge in [0.15, 0.2) is 0 Å². The van der Waals surface area contributed by atoms with Gasteiger partial charge in [-0.25, -0.2) is 4.79 Å². The molecule has 14 heavy (non-hydrogen) atoms. The summed E-state index contributed by atoms with van der Waals surface area (Å²) in [7, 11) is 0. The second-order valence-electron chi connectivity index (χ2n) is 3.80. The minimum atomic E-state index is 0.0253. The predicted octanol–water partition coefficient (Wildman–Crippen LogP) is 0.775. The predicted molar refractivity (Wildman–Crippen MR) is 57.0 cm³/mol. The summed E-state index contributed by atoms with van der Waals surface area (Å²) in [4.78, 5) is 13.4. The van der Waals surface area contributed by atoms with Gasteiger partial charge in [-0.05, 0) is 32.6 Å². The molecule has 0 bridgehead atoms. The Morgan fingerprint density at radius 3 is 2.43 bits per heavy atom. The van der Waals surface area contributed by atoms with Crippen molar-refractivity contribution >= 4 is 6.03 Å². The maximum absolute atomic E-state index is 11.7. The molecule has 0 aromatic carbocycles. The van der Waals surface area contributed by atoms with Crippen molar-refractivity contribution in [1.29, 1.82) is 0 Å². The maximum atomic E-state index is 11.7. The first-order chi connectivity index (χ1) is 6.72. The third-order valence-corrected chi connectivity index (χ3v) is 2.80. The van der Waals surface area contributed by atoms with Crippen LogP contribution in [-0.4, -0.2) is 36.6 Å². The second-order valence-corrected chi connectivity index (χ2v) is 3.80. The Morgan fingerprint density at radius 1 is 1.50 bits per heavy atom. The lowest BCUT2D eigenvalue weighted by Crippen LogP contribution is -2.48. The topological polar surface area (TPSA) is 58.4 Å². The highest BCUT2D eigenvalue weighted by atomic mass is 16.2. The summed E-state index contributed by atoms with van der Waals surface area (Å²) in [6, 6.07) is 0.209. The molecule has 3 N–H and O–H groups in total. The first kappa shape index (κ1) is 11.3. The van der Waals surface area contributed by atoms with Gasteiger partial charge in [0.25, 0.3) is 0 Å². The summed E-state index contributed by atoms with van der Waals surface area (Å²) in [6.07, 6.45) is 2.42. The third kappa shape index (κ3) is 2.87. The van der Waals surface area contributed by atoms with Gasteiger partial charge in [-0.3, -0.25) is 0 Å². The van der Waals surface area contributed by atoms with Crippen LogP contribution in [0.4, 0.5) is 4.79 Å². The van der Waals surface area contributed by atoms with Crippen LogP contribution in [-0.2, 0) is 0 Å². The van der Waals surface area contributed by atoms with Crippen molar-refractivity contribution in [3.8, 4) is 0 Å². The van der Waals surface area contributed by atoms with Gasteiger partial charge in [-0.15, -0.1) is 0 Å². The molecule has 1 aliphatic carbocycles. The molecule has 0 aromatic heterocycles. The molecule has 0 radical (unpaired) electrons. The lowest BCUT2D eigenvalue weighted by molar-refractivity contribution is 0.198. The van der Waals surface area contributed by atoms with Crippen LogP contribution < -0.4 is 11.1 Å². The molecule has 82 valence electrons. The number of hydrogen-bond donors (Lipinski definition) is 2. The molecule has 1 saturated carbocycles. The van der Waals surface area contributed by atoms with Crippen LogP contribution in [0.3, 0.4) is 0 Å². The first-order valence-corrected chi connectivity index (χ1v) is 5.48. The summed E-state index contributed by atoms with van der Waals surface area (Å²) in [5.41, 5.74) is 5.61. The van der Waals surface area contributed by atoms with Crippen molar-refractivity contribution in [3.05, 3.63) is 0 Å². The fourth-order valence-electron chi connectivity index (χ4n) is 1.63. The molecule has 0 spiro atoms. The van der Waals surface area contributed by atoms with Crippen LogP contribution in [0.1, 0.15) is 26.7 Å². The van der Waals surface area contributed by atoms with Gasteiger partial charge in [0.05, 0.1) is 0 Å². The molecule has 1 unspecified atom stereocenters. The van der Waals surface area contributed by atoms with Crippen molar-refractivity contribution in [2.75, 3.05) is 19.6 Å². The van der Waals surface area contributed by atoms with E-state index in [1.807, 2.05) is 13.8 Å². The summed E-state index contributed by atoms with van der Waals surface area (Å²) in [5.74, 6) is 0.625. The smallest absolute Gasteiger partial charge is 0.317 e. The van der Waals surface area contributed by atoms with Gasteiger partial charge in [0.2, 0.25) is 0 Å². The normalized spacial score (nSPS) is 17.6. The number of nitrogens with one attached hydrogen (secondary N) is 1. The van der Waals surface area contributed by atoms with E-state index in [-0.39, 0.29) is 12.1 Å². The number of carbonyl (C=O) groups is 1. The van der Waals surface area contributed by atoms with E-state index in [1.165, 1.54) is 12.8 Å². The third-order valence-electron chi connectivity index (χ3n) is 2.80. The summed E-state index contributed by atoms with van der Waals surface area (Å²) in [5, 5.41) is 2.99. The average Bonchev–Trinajstić information content (AvgIpc) is 2.99. The van der Waals surface area contributed by atoms with Gasteiger partial charge < -0.3 is 16.0 Å². The van der Waals surface area contributed by atoms with Crippen LogP contribution in [0.5, 0.6) is 0 Å². The molecule has 1 fully saturated rings. The Bertz CT molecular complexity index is 188. The molecule has 0 saturated heterocycles. The summed E-state index contributed by atoms with van der Waals surface area (Å²) < 4.78 is 0. The monoisotopic (exact) mass is 199 g/mol. The zero-order valence-electron chi connectivity index (χ0n) is 9.12. The number of urea groups is 1. The lowest BCUT2D eigenvalue weighted by atomic mass is 10.2. The van der Waals surface area contributed by atoms with Gasteiger partial charge in [-0.1, -0.05) is 0 Å². The average molecular weight is 199 g/mol. The van der Waals surface area contributed by atoms with Gasteiger partial charge in [0.1, 0.15) is 0 Å². The Morgan fingerprint density at radius 2 is 2.07 bits per heavy atom. The Hall–Kier alpha value is -0.770. The number of amides is 2. The van der Waals surface area contributed by atoms with Crippen molar-refractivity contribution in [1.82, 2.24) is 10.2 Å². The van der Waals surface area contributed by atoms with E-state index in [0.29, 0.717) is 12.5 Å². The lowest BCUT2D eigenvalue weighted by Gasteiger charge is -2.23. The molecule has 4 heteroatoms. The largest absolute Gasteiger partial charge is 0.334 e. The maximum Gasteiger partial charge on any atom is 0.317 e. The van der Waals surface area contributed by atoms with Gasteiger partial charge >= 0.3 is 6.03 Å². The Labute approximate surface area is 85.8 Å². The summed E-state index contributed by atoms with van der Waals surface area (Å²) in [6.45, 7) is 6.03. The van der Waals surface area contributed by atoms with Crippen molar-refractivity contribution in [3.63, 3.8) is 0 Å². The number of hydrogen-bond acceptors (Lipinski definition) is 2. The van der Waals surface area contributed by atoms with Crippen LogP contribution in [0.15, 0.2) is 0 Å². The fraction of sp³-hybridized carbons (Fsp3) is 0.900. The van der Waals surface area contributed by atoms with E-state index >= 15 is 0 Å². The van der Waals surface area contributed by atoms with Crippen molar-refractivity contribution in [2.24, 2.45) is 11.7 Å². The second kappa shape index (κ2) is 5.20. The standard InChI is InChI=1S/C10H21N3O/c1-3-13(4-2)10(14)12-9(7-11)8-5-6-8/h8-9H,3-7,11H2,1-2H3,(H,12,14). The number of carbonyl (C=O) groups excluding carboxylic acids is 1. The molecule has 0 aliphatic heterocycles. The van der Waals surface area contributed by atoms with E-state index in [2.05, 4.69) is 5.32 Å². The van der Waals surface area contributed by atoms with Crippen molar-refractivity contribution < 1.29 is 4.79 Å². The highest BCUT2D eigenvalue weighted by Gasteiger charge is 2.31. The molecule has 0 heterocycles. The molecule has 4 nitrogen and oxygen atoms in total. The molecule has 2 amide bonds. The zero-order chi connectivity index (χ0) is 10.6. The number of nitrogens with zero attached hydrogens (tertiary/aromatic N) is 1. The first-order valence-electron chi connectivity index (χ1n) is 5.48. The number of rotatable bonds is 5. The quantitative estimate of drug-likeness (QED) is 0.687.